The Kier molecular flexibility index (Phi) is 5.41. The van der Waals surface area contributed by atoms with Crippen molar-refractivity contribution in [2.75, 3.05) is 5.32 Å². The normalized spacial score (nSPS) is 11.7. The van der Waals surface area contributed by atoms with Gasteiger partial charge in [0.25, 0.3) is 5.91 Å². The number of ether oxygens (including phenoxy) is 1. The van der Waals surface area contributed by atoms with Gasteiger partial charge in [0.05, 0.1) is 0 Å². The largest absolute Gasteiger partial charge is 0.466 e. The Morgan fingerprint density at radius 1 is 1.00 bits per heavy atom. The predicted molar refractivity (Wildman–Crippen MR) is 104 cm³/mol. The fraction of sp³-hybridized carbons (Fsp3) is 0.182. The van der Waals surface area contributed by atoms with E-state index in [1.807, 2.05) is 54.6 Å². The van der Waals surface area contributed by atoms with E-state index in [0.717, 1.165) is 11.1 Å². The van der Waals surface area contributed by atoms with Crippen molar-refractivity contribution in [2.24, 2.45) is 0 Å². The SMILES string of the molecule is Cc1cc(C(=O)O[C@@H](C)C(=O)Nc2ccccc2-c2ccccc2)c(C)o1. The molecule has 0 saturated carbocycles. The van der Waals surface area contributed by atoms with Crippen LogP contribution in [0.4, 0.5) is 5.69 Å². The second-order valence-electron chi connectivity index (χ2n) is 6.28. The van der Waals surface area contributed by atoms with Gasteiger partial charge in [-0.1, -0.05) is 48.5 Å². The highest BCUT2D eigenvalue weighted by molar-refractivity contribution is 6.00. The molecule has 0 radical (unpaired) electrons. The van der Waals surface area contributed by atoms with Crippen molar-refractivity contribution in [1.82, 2.24) is 0 Å². The molecule has 0 bridgehead atoms. The van der Waals surface area contributed by atoms with E-state index in [1.54, 1.807) is 26.8 Å². The highest BCUT2D eigenvalue weighted by atomic mass is 16.5. The molecule has 0 aliphatic heterocycles. The molecule has 0 spiro atoms. The first-order valence-electron chi connectivity index (χ1n) is 8.69. The van der Waals surface area contributed by atoms with E-state index in [4.69, 9.17) is 9.15 Å². The molecule has 1 N–H and O–H groups in total. The zero-order valence-corrected chi connectivity index (χ0v) is 15.5. The van der Waals surface area contributed by atoms with Crippen LogP contribution in [-0.2, 0) is 9.53 Å². The fourth-order valence-electron chi connectivity index (χ4n) is 2.81. The van der Waals surface area contributed by atoms with Crippen LogP contribution in [0.5, 0.6) is 0 Å². The standard InChI is InChI=1S/C22H21NO4/c1-14-13-19(15(2)26-14)22(25)27-16(3)21(24)23-20-12-8-7-11-18(20)17-9-5-4-6-10-17/h4-13,16H,1-3H3,(H,23,24)/t16-/m0/s1. The second kappa shape index (κ2) is 7.91. The molecule has 1 amide bonds. The van der Waals surface area contributed by atoms with Gasteiger partial charge in [-0.25, -0.2) is 4.79 Å². The van der Waals surface area contributed by atoms with Crippen LogP contribution in [0, 0.1) is 13.8 Å². The monoisotopic (exact) mass is 363 g/mol. The van der Waals surface area contributed by atoms with Crippen LogP contribution >= 0.6 is 0 Å². The lowest BCUT2D eigenvalue weighted by Crippen LogP contribution is -2.30. The maximum absolute atomic E-state index is 12.5. The molecule has 138 valence electrons. The molecule has 2 aromatic carbocycles. The minimum absolute atomic E-state index is 0.330. The van der Waals surface area contributed by atoms with Crippen molar-refractivity contribution >= 4 is 17.6 Å². The van der Waals surface area contributed by atoms with Crippen LogP contribution in [0.3, 0.4) is 0 Å². The Morgan fingerprint density at radius 2 is 1.67 bits per heavy atom. The van der Waals surface area contributed by atoms with E-state index < -0.39 is 18.0 Å². The lowest BCUT2D eigenvalue weighted by molar-refractivity contribution is -0.123. The van der Waals surface area contributed by atoms with Crippen molar-refractivity contribution in [2.45, 2.75) is 26.9 Å². The molecule has 27 heavy (non-hydrogen) atoms. The number of nitrogens with one attached hydrogen (secondary N) is 1. The summed E-state index contributed by atoms with van der Waals surface area (Å²) in [4.78, 5) is 24.8. The number of rotatable bonds is 5. The molecule has 0 unspecified atom stereocenters. The van der Waals surface area contributed by atoms with E-state index in [1.165, 1.54) is 0 Å². The number of benzene rings is 2. The van der Waals surface area contributed by atoms with Crippen LogP contribution in [0.15, 0.2) is 65.1 Å². The molecule has 3 rings (SSSR count). The van der Waals surface area contributed by atoms with Crippen molar-refractivity contribution in [3.63, 3.8) is 0 Å². The first-order valence-corrected chi connectivity index (χ1v) is 8.69. The Labute approximate surface area is 158 Å². The quantitative estimate of drug-likeness (QED) is 0.664. The van der Waals surface area contributed by atoms with E-state index in [2.05, 4.69) is 5.32 Å². The first kappa shape index (κ1) is 18.5. The molecular weight excluding hydrogens is 342 g/mol. The average molecular weight is 363 g/mol. The van der Waals surface area contributed by atoms with Crippen molar-refractivity contribution in [1.29, 1.82) is 0 Å². The van der Waals surface area contributed by atoms with Crippen LogP contribution in [0.25, 0.3) is 11.1 Å². The van der Waals surface area contributed by atoms with E-state index in [-0.39, 0.29) is 0 Å². The third kappa shape index (κ3) is 4.26. The number of furan rings is 1. The molecule has 1 heterocycles. The van der Waals surface area contributed by atoms with Crippen molar-refractivity contribution in [3.8, 4) is 11.1 Å². The van der Waals surface area contributed by atoms with E-state index in [0.29, 0.717) is 22.8 Å². The molecule has 5 nitrogen and oxygen atoms in total. The third-order valence-electron chi connectivity index (χ3n) is 4.18. The maximum atomic E-state index is 12.5. The lowest BCUT2D eigenvalue weighted by Gasteiger charge is -2.15. The topological polar surface area (TPSA) is 68.5 Å². The molecule has 3 aromatic rings. The summed E-state index contributed by atoms with van der Waals surface area (Å²) < 4.78 is 10.6. The van der Waals surface area contributed by atoms with E-state index in [9.17, 15) is 9.59 Å². The Morgan fingerprint density at radius 3 is 2.33 bits per heavy atom. The molecule has 0 aliphatic rings. The average Bonchev–Trinajstić information content (AvgIpc) is 3.01. The molecular formula is C22H21NO4. The Balaban J connectivity index is 1.72. The number of carbonyl (C=O) groups is 2. The lowest BCUT2D eigenvalue weighted by atomic mass is 10.0. The van der Waals surface area contributed by atoms with Crippen molar-refractivity contribution < 1.29 is 18.7 Å². The summed E-state index contributed by atoms with van der Waals surface area (Å²) in [7, 11) is 0. The Bertz CT molecular complexity index is 959. The number of aryl methyl sites for hydroxylation is 2. The van der Waals surface area contributed by atoms with Crippen LogP contribution in [-0.4, -0.2) is 18.0 Å². The summed E-state index contributed by atoms with van der Waals surface area (Å²) in [5.74, 6) is 0.112. The van der Waals surface area contributed by atoms with Crippen LogP contribution in [0.2, 0.25) is 0 Å². The maximum Gasteiger partial charge on any atom is 0.342 e. The fourth-order valence-corrected chi connectivity index (χ4v) is 2.81. The number of hydrogen-bond acceptors (Lipinski definition) is 4. The van der Waals surface area contributed by atoms with Gasteiger partial charge in [-0.2, -0.15) is 0 Å². The van der Waals surface area contributed by atoms with Gasteiger partial charge >= 0.3 is 5.97 Å². The summed E-state index contributed by atoms with van der Waals surface area (Å²) in [6.07, 6.45) is -0.948. The van der Waals surface area contributed by atoms with Gasteiger partial charge in [0.15, 0.2) is 6.10 Å². The predicted octanol–water partition coefficient (Wildman–Crippen LogP) is 4.75. The van der Waals surface area contributed by atoms with Gasteiger partial charge in [0.2, 0.25) is 0 Å². The number of anilines is 1. The zero-order valence-electron chi connectivity index (χ0n) is 15.5. The Hall–Kier alpha value is -3.34. The molecule has 1 aromatic heterocycles. The highest BCUT2D eigenvalue weighted by Crippen LogP contribution is 2.27. The van der Waals surface area contributed by atoms with Gasteiger partial charge < -0.3 is 14.5 Å². The molecule has 5 heteroatoms. The molecule has 1 atom stereocenters. The molecule has 0 saturated heterocycles. The number of esters is 1. The smallest absolute Gasteiger partial charge is 0.342 e. The highest BCUT2D eigenvalue weighted by Gasteiger charge is 2.22. The van der Waals surface area contributed by atoms with Crippen LogP contribution < -0.4 is 5.32 Å². The summed E-state index contributed by atoms with van der Waals surface area (Å²) in [6, 6.07) is 18.9. The minimum Gasteiger partial charge on any atom is -0.466 e. The van der Waals surface area contributed by atoms with Gasteiger partial charge in [-0.05, 0) is 38.5 Å². The van der Waals surface area contributed by atoms with Crippen LogP contribution in [0.1, 0.15) is 28.8 Å². The summed E-state index contributed by atoms with van der Waals surface area (Å²) >= 11 is 0. The molecule has 0 aliphatic carbocycles. The zero-order chi connectivity index (χ0) is 19.4. The number of hydrogen-bond donors (Lipinski definition) is 1. The second-order valence-corrected chi connectivity index (χ2v) is 6.28. The molecule has 0 fully saturated rings. The summed E-state index contributed by atoms with van der Waals surface area (Å²) in [6.45, 7) is 4.98. The van der Waals surface area contributed by atoms with Gasteiger partial charge in [0, 0.05) is 11.3 Å². The number of carbonyl (C=O) groups excluding carboxylic acids is 2. The van der Waals surface area contributed by atoms with Gasteiger partial charge in [0.1, 0.15) is 17.1 Å². The number of para-hydroxylation sites is 1. The summed E-state index contributed by atoms with van der Waals surface area (Å²) in [5.41, 5.74) is 2.87. The van der Waals surface area contributed by atoms with E-state index >= 15 is 0 Å². The number of amides is 1. The minimum atomic E-state index is -0.948. The summed E-state index contributed by atoms with van der Waals surface area (Å²) in [5, 5.41) is 2.85. The van der Waals surface area contributed by atoms with Gasteiger partial charge in [-0.15, -0.1) is 0 Å². The van der Waals surface area contributed by atoms with Crippen molar-refractivity contribution in [3.05, 3.63) is 77.7 Å². The first-order chi connectivity index (χ1) is 13.0. The van der Waals surface area contributed by atoms with Gasteiger partial charge in [-0.3, -0.25) is 4.79 Å². The third-order valence-corrected chi connectivity index (χ3v) is 4.18.